The number of carbonyl (C=O) groups is 2. The van der Waals surface area contributed by atoms with E-state index in [0.717, 1.165) is 21.4 Å². The zero-order chi connectivity index (χ0) is 14.7. The number of hydrogen-bond acceptors (Lipinski definition) is 4. The highest BCUT2D eigenvalue weighted by atomic mass is 32.1. The van der Waals surface area contributed by atoms with Crippen LogP contribution in [-0.2, 0) is 4.79 Å². The predicted molar refractivity (Wildman–Crippen MR) is 77.2 cm³/mol. The van der Waals surface area contributed by atoms with E-state index in [1.807, 2.05) is 30.3 Å². The zero-order valence-corrected chi connectivity index (χ0v) is 11.5. The number of allylic oxidation sites excluding steroid dienone is 1. The summed E-state index contributed by atoms with van der Waals surface area (Å²) in [4.78, 5) is 24.1. The Labute approximate surface area is 119 Å². The summed E-state index contributed by atoms with van der Waals surface area (Å²) in [6.45, 7) is 1.79. The third-order valence-electron chi connectivity index (χ3n) is 2.73. The highest BCUT2D eigenvalue weighted by Gasteiger charge is 2.15. The average Bonchev–Trinajstić information content (AvgIpc) is 2.81. The molecule has 0 amide bonds. The summed E-state index contributed by atoms with van der Waals surface area (Å²) < 4.78 is 0. The van der Waals surface area contributed by atoms with E-state index < -0.39 is 17.5 Å². The topological polar surface area (TPSA) is 74.6 Å². The van der Waals surface area contributed by atoms with Gasteiger partial charge in [0.2, 0.25) is 5.76 Å². The van der Waals surface area contributed by atoms with Gasteiger partial charge >= 0.3 is 5.97 Å². The standard InChI is InChI=1S/C15H12O4S/c1-9-11(12(16)8-13(17)15(18)19)7-14(20-9)10-5-3-2-4-6-10/h2-8,17H,1H3,(H,18,19)/b13-8+. The molecule has 0 atom stereocenters. The Morgan fingerprint density at radius 3 is 2.40 bits per heavy atom. The molecule has 0 aliphatic heterocycles. The number of carbonyl (C=O) groups excluding carboxylic acids is 1. The van der Waals surface area contributed by atoms with Crippen LogP contribution >= 0.6 is 11.3 Å². The van der Waals surface area contributed by atoms with Crippen LogP contribution in [0.3, 0.4) is 0 Å². The Morgan fingerprint density at radius 2 is 1.80 bits per heavy atom. The Morgan fingerprint density at radius 1 is 1.15 bits per heavy atom. The molecule has 102 valence electrons. The number of benzene rings is 1. The summed E-state index contributed by atoms with van der Waals surface area (Å²) in [7, 11) is 0. The number of thiophene rings is 1. The van der Waals surface area contributed by atoms with Gasteiger partial charge in [-0.2, -0.15) is 0 Å². The van der Waals surface area contributed by atoms with Crippen LogP contribution in [0.1, 0.15) is 15.2 Å². The van der Waals surface area contributed by atoms with E-state index in [1.54, 1.807) is 13.0 Å². The number of carboxylic acids is 1. The fraction of sp³-hybridized carbons (Fsp3) is 0.0667. The average molecular weight is 288 g/mol. The van der Waals surface area contributed by atoms with E-state index in [4.69, 9.17) is 10.2 Å². The molecule has 0 aliphatic rings. The van der Waals surface area contributed by atoms with Gasteiger partial charge in [0.05, 0.1) is 0 Å². The molecule has 5 heteroatoms. The van der Waals surface area contributed by atoms with Crippen molar-refractivity contribution >= 4 is 23.1 Å². The highest BCUT2D eigenvalue weighted by molar-refractivity contribution is 7.15. The minimum atomic E-state index is -1.52. The lowest BCUT2D eigenvalue weighted by Crippen LogP contribution is -2.03. The third kappa shape index (κ3) is 2.95. The molecule has 4 nitrogen and oxygen atoms in total. The summed E-state index contributed by atoms with van der Waals surface area (Å²) in [5, 5.41) is 17.7. The molecule has 0 saturated heterocycles. The first-order valence-electron chi connectivity index (χ1n) is 5.83. The van der Waals surface area contributed by atoms with Crippen LogP contribution in [0.2, 0.25) is 0 Å². The molecule has 2 rings (SSSR count). The number of aliphatic carboxylic acids is 1. The monoisotopic (exact) mass is 288 g/mol. The maximum absolute atomic E-state index is 11.9. The number of rotatable bonds is 4. The van der Waals surface area contributed by atoms with Crippen molar-refractivity contribution in [3.63, 3.8) is 0 Å². The van der Waals surface area contributed by atoms with Gasteiger partial charge in [-0.05, 0) is 18.6 Å². The van der Waals surface area contributed by atoms with Crippen LogP contribution in [0.15, 0.2) is 48.2 Å². The van der Waals surface area contributed by atoms with Crippen molar-refractivity contribution < 1.29 is 19.8 Å². The lowest BCUT2D eigenvalue weighted by atomic mass is 10.1. The van der Waals surface area contributed by atoms with Crippen molar-refractivity contribution in [3.05, 3.63) is 58.7 Å². The van der Waals surface area contributed by atoms with E-state index in [2.05, 4.69) is 0 Å². The number of aliphatic hydroxyl groups excluding tert-OH is 1. The molecule has 0 fully saturated rings. The van der Waals surface area contributed by atoms with Gasteiger partial charge in [-0.25, -0.2) is 4.79 Å². The van der Waals surface area contributed by atoms with E-state index in [0.29, 0.717) is 5.56 Å². The first-order chi connectivity index (χ1) is 9.49. The molecule has 1 aromatic carbocycles. The van der Waals surface area contributed by atoms with Gasteiger partial charge in [0, 0.05) is 21.4 Å². The molecule has 0 aliphatic carbocycles. The van der Waals surface area contributed by atoms with Crippen molar-refractivity contribution in [2.24, 2.45) is 0 Å². The van der Waals surface area contributed by atoms with Crippen molar-refractivity contribution in [3.8, 4) is 10.4 Å². The van der Waals surface area contributed by atoms with Gasteiger partial charge in [0.1, 0.15) is 0 Å². The van der Waals surface area contributed by atoms with Crippen LogP contribution in [-0.4, -0.2) is 22.0 Å². The second-order valence-corrected chi connectivity index (χ2v) is 5.40. The predicted octanol–water partition coefficient (Wildman–Crippen LogP) is 3.43. The summed E-state index contributed by atoms with van der Waals surface area (Å²) in [5.74, 6) is -2.99. The maximum Gasteiger partial charge on any atom is 0.371 e. The van der Waals surface area contributed by atoms with Crippen LogP contribution in [0.5, 0.6) is 0 Å². The second kappa shape index (κ2) is 5.71. The molecule has 2 aromatic rings. The second-order valence-electron chi connectivity index (χ2n) is 4.15. The molecule has 1 aromatic heterocycles. The van der Waals surface area contributed by atoms with Crippen LogP contribution < -0.4 is 0 Å². The van der Waals surface area contributed by atoms with E-state index in [-0.39, 0.29) is 0 Å². The minimum absolute atomic E-state index is 0.404. The number of aryl methyl sites for hydroxylation is 1. The largest absolute Gasteiger partial charge is 0.502 e. The lowest BCUT2D eigenvalue weighted by molar-refractivity contribution is -0.135. The molecule has 0 unspecified atom stereocenters. The summed E-state index contributed by atoms with van der Waals surface area (Å²) >= 11 is 1.45. The van der Waals surface area contributed by atoms with Gasteiger partial charge in [-0.3, -0.25) is 4.79 Å². The Hall–Kier alpha value is -2.40. The zero-order valence-electron chi connectivity index (χ0n) is 10.7. The molecular formula is C15H12O4S. The molecule has 20 heavy (non-hydrogen) atoms. The lowest BCUT2D eigenvalue weighted by Gasteiger charge is -1.95. The molecule has 0 bridgehead atoms. The Balaban J connectivity index is 2.36. The number of aliphatic hydroxyl groups is 1. The summed E-state index contributed by atoms with van der Waals surface area (Å²) in [6, 6.07) is 11.3. The Kier molecular flexibility index (Phi) is 4.00. The van der Waals surface area contributed by atoms with Crippen LogP contribution in [0.25, 0.3) is 10.4 Å². The summed E-state index contributed by atoms with van der Waals surface area (Å²) in [5.41, 5.74) is 1.40. The van der Waals surface area contributed by atoms with Crippen LogP contribution in [0.4, 0.5) is 0 Å². The van der Waals surface area contributed by atoms with E-state index in [9.17, 15) is 9.59 Å². The fourth-order valence-electron chi connectivity index (χ4n) is 1.74. The maximum atomic E-state index is 11.9. The minimum Gasteiger partial charge on any atom is -0.502 e. The molecular weight excluding hydrogens is 276 g/mol. The fourth-order valence-corrected chi connectivity index (χ4v) is 2.77. The molecule has 0 saturated carbocycles. The van der Waals surface area contributed by atoms with Crippen molar-refractivity contribution in [2.75, 3.05) is 0 Å². The van der Waals surface area contributed by atoms with Crippen LogP contribution in [0, 0.1) is 6.92 Å². The number of ketones is 1. The van der Waals surface area contributed by atoms with Crippen molar-refractivity contribution in [2.45, 2.75) is 6.92 Å². The summed E-state index contributed by atoms with van der Waals surface area (Å²) in [6.07, 6.45) is 0.728. The SMILES string of the molecule is Cc1sc(-c2ccccc2)cc1C(=O)/C=C(/O)C(=O)O. The van der Waals surface area contributed by atoms with Gasteiger partial charge in [-0.15, -0.1) is 11.3 Å². The van der Waals surface area contributed by atoms with Gasteiger partial charge in [0.25, 0.3) is 0 Å². The molecule has 0 spiro atoms. The highest BCUT2D eigenvalue weighted by Crippen LogP contribution is 2.31. The first-order valence-corrected chi connectivity index (χ1v) is 6.65. The molecule has 0 radical (unpaired) electrons. The number of hydrogen-bond donors (Lipinski definition) is 2. The van der Waals surface area contributed by atoms with Gasteiger partial charge in [0.15, 0.2) is 5.78 Å². The Bertz CT molecular complexity index is 683. The smallest absolute Gasteiger partial charge is 0.371 e. The normalized spacial score (nSPS) is 11.3. The first kappa shape index (κ1) is 14.0. The van der Waals surface area contributed by atoms with E-state index in [1.165, 1.54) is 11.3 Å². The molecule has 2 N–H and O–H groups in total. The quantitative estimate of drug-likeness (QED) is 0.513. The third-order valence-corrected chi connectivity index (χ3v) is 3.83. The van der Waals surface area contributed by atoms with Gasteiger partial charge < -0.3 is 10.2 Å². The van der Waals surface area contributed by atoms with Gasteiger partial charge in [-0.1, -0.05) is 30.3 Å². The van der Waals surface area contributed by atoms with E-state index >= 15 is 0 Å². The molecule has 1 heterocycles. The van der Waals surface area contributed by atoms with Crippen molar-refractivity contribution in [1.82, 2.24) is 0 Å². The van der Waals surface area contributed by atoms with Crippen molar-refractivity contribution in [1.29, 1.82) is 0 Å². The number of carboxylic acid groups (broad SMARTS) is 1.